The molecule has 108 valence electrons. The van der Waals surface area contributed by atoms with Crippen LogP contribution in [-0.4, -0.2) is 20.7 Å². The van der Waals surface area contributed by atoms with E-state index in [4.69, 9.17) is 0 Å². The van der Waals surface area contributed by atoms with E-state index in [-0.39, 0.29) is 5.91 Å². The molecule has 5 heteroatoms. The number of carbonyl (C=O) groups is 1. The predicted molar refractivity (Wildman–Crippen MR) is 80.4 cm³/mol. The van der Waals surface area contributed by atoms with Crippen molar-refractivity contribution >= 4 is 12.0 Å². The highest BCUT2D eigenvalue weighted by molar-refractivity contribution is 5.91. The Labute approximate surface area is 123 Å². The summed E-state index contributed by atoms with van der Waals surface area (Å²) in [6.45, 7) is 3.40. The molecule has 5 nitrogen and oxygen atoms in total. The number of aromatic nitrogens is 3. The van der Waals surface area contributed by atoms with Crippen LogP contribution in [0.1, 0.15) is 29.2 Å². The smallest absolute Gasteiger partial charge is 0.244 e. The molecule has 2 heterocycles. The van der Waals surface area contributed by atoms with E-state index in [0.29, 0.717) is 6.54 Å². The summed E-state index contributed by atoms with van der Waals surface area (Å²) in [7, 11) is 0. The molecule has 0 fully saturated rings. The lowest BCUT2D eigenvalue weighted by molar-refractivity contribution is -0.116. The molecule has 0 spiro atoms. The minimum Gasteiger partial charge on any atom is -0.345 e. The molecular weight excluding hydrogens is 264 g/mol. The van der Waals surface area contributed by atoms with Crippen LogP contribution in [0.4, 0.5) is 0 Å². The molecule has 1 aromatic heterocycles. The third-order valence-electron chi connectivity index (χ3n) is 3.71. The van der Waals surface area contributed by atoms with Crippen molar-refractivity contribution in [3.63, 3.8) is 0 Å². The van der Waals surface area contributed by atoms with Crippen LogP contribution in [0.25, 0.3) is 6.08 Å². The highest BCUT2D eigenvalue weighted by Gasteiger charge is 2.16. The van der Waals surface area contributed by atoms with Crippen LogP contribution >= 0.6 is 0 Å². The Morgan fingerprint density at radius 2 is 2.24 bits per heavy atom. The molecule has 0 unspecified atom stereocenters. The summed E-state index contributed by atoms with van der Waals surface area (Å²) in [6, 6.07) is 7.96. The lowest BCUT2D eigenvalue weighted by atomic mass is 10.1. The molecule has 3 rings (SSSR count). The van der Waals surface area contributed by atoms with Crippen LogP contribution in [0.3, 0.4) is 0 Å². The number of aryl methyl sites for hydroxylation is 2. The first kappa shape index (κ1) is 13.5. The summed E-state index contributed by atoms with van der Waals surface area (Å²) in [4.78, 5) is 11.9. The minimum atomic E-state index is -0.117. The molecule has 1 aromatic carbocycles. The average molecular weight is 282 g/mol. The molecule has 0 aliphatic carbocycles. The Hall–Kier alpha value is -2.43. The average Bonchev–Trinajstić information content (AvgIpc) is 3.08. The van der Waals surface area contributed by atoms with Crippen molar-refractivity contribution < 1.29 is 4.79 Å². The summed E-state index contributed by atoms with van der Waals surface area (Å²) in [6.07, 6.45) is 5.48. The van der Waals surface area contributed by atoms with Gasteiger partial charge in [-0.2, -0.15) is 0 Å². The van der Waals surface area contributed by atoms with E-state index in [1.807, 2.05) is 37.3 Å². The number of benzene rings is 1. The fourth-order valence-electron chi connectivity index (χ4n) is 2.51. The van der Waals surface area contributed by atoms with Gasteiger partial charge in [-0.3, -0.25) is 4.79 Å². The quantitative estimate of drug-likeness (QED) is 0.871. The van der Waals surface area contributed by atoms with Gasteiger partial charge < -0.3 is 9.88 Å². The van der Waals surface area contributed by atoms with Gasteiger partial charge in [0.2, 0.25) is 5.91 Å². The van der Waals surface area contributed by atoms with Crippen LogP contribution in [0.15, 0.2) is 30.3 Å². The van der Waals surface area contributed by atoms with Crippen molar-refractivity contribution in [3.8, 4) is 0 Å². The number of nitrogens with one attached hydrogen (secondary N) is 1. The topological polar surface area (TPSA) is 59.8 Å². The first-order chi connectivity index (χ1) is 10.2. The van der Waals surface area contributed by atoms with Gasteiger partial charge in [0.25, 0.3) is 0 Å². The van der Waals surface area contributed by atoms with E-state index in [1.54, 1.807) is 6.08 Å². The second-order valence-electron chi connectivity index (χ2n) is 5.20. The second-order valence-corrected chi connectivity index (χ2v) is 5.20. The normalized spacial score (nSPS) is 13.6. The Kier molecular flexibility index (Phi) is 3.81. The predicted octanol–water partition coefficient (Wildman–Crippen LogP) is 1.86. The van der Waals surface area contributed by atoms with Gasteiger partial charge in [-0.05, 0) is 30.5 Å². The van der Waals surface area contributed by atoms with Crippen molar-refractivity contribution in [1.82, 2.24) is 20.1 Å². The van der Waals surface area contributed by atoms with E-state index in [0.717, 1.165) is 42.2 Å². The molecule has 2 aromatic rings. The third-order valence-corrected chi connectivity index (χ3v) is 3.71. The zero-order valence-electron chi connectivity index (χ0n) is 12.0. The number of fused-ring (bicyclic) bond motifs is 1. The van der Waals surface area contributed by atoms with E-state index >= 15 is 0 Å². The maximum Gasteiger partial charge on any atom is 0.244 e. The number of carbonyl (C=O) groups excluding carboxylic acids is 1. The van der Waals surface area contributed by atoms with Crippen LogP contribution < -0.4 is 5.32 Å². The van der Waals surface area contributed by atoms with E-state index in [2.05, 4.69) is 20.1 Å². The van der Waals surface area contributed by atoms with E-state index in [1.165, 1.54) is 0 Å². The van der Waals surface area contributed by atoms with Gasteiger partial charge in [0, 0.05) is 19.0 Å². The van der Waals surface area contributed by atoms with Crippen LogP contribution in [0.5, 0.6) is 0 Å². The highest BCUT2D eigenvalue weighted by atomic mass is 16.1. The lowest BCUT2D eigenvalue weighted by Crippen LogP contribution is -2.22. The van der Waals surface area contributed by atoms with Gasteiger partial charge in [0.05, 0.1) is 6.54 Å². The summed E-state index contributed by atoms with van der Waals surface area (Å²) in [5.41, 5.74) is 2.20. The van der Waals surface area contributed by atoms with Crippen molar-refractivity contribution in [1.29, 1.82) is 0 Å². The molecule has 0 radical (unpaired) electrons. The van der Waals surface area contributed by atoms with Gasteiger partial charge in [-0.1, -0.05) is 24.3 Å². The van der Waals surface area contributed by atoms with Gasteiger partial charge in [0.15, 0.2) is 5.82 Å². The molecule has 1 aliphatic heterocycles. The third kappa shape index (κ3) is 3.02. The largest absolute Gasteiger partial charge is 0.345 e. The maximum atomic E-state index is 11.9. The molecule has 21 heavy (non-hydrogen) atoms. The zero-order valence-corrected chi connectivity index (χ0v) is 12.0. The second kappa shape index (κ2) is 5.91. The fraction of sp³-hybridized carbons (Fsp3) is 0.312. The van der Waals surface area contributed by atoms with E-state index in [9.17, 15) is 4.79 Å². The molecule has 0 saturated carbocycles. The lowest BCUT2D eigenvalue weighted by Gasteiger charge is -2.03. The molecule has 0 bridgehead atoms. The maximum absolute atomic E-state index is 11.9. The van der Waals surface area contributed by atoms with Crippen molar-refractivity contribution in [2.45, 2.75) is 32.9 Å². The number of hydrogen-bond acceptors (Lipinski definition) is 3. The van der Waals surface area contributed by atoms with Crippen LogP contribution in [-0.2, 0) is 24.3 Å². The monoisotopic (exact) mass is 282 g/mol. The summed E-state index contributed by atoms with van der Waals surface area (Å²) in [5, 5.41) is 11.1. The molecule has 1 N–H and O–H groups in total. The fourth-order valence-corrected chi connectivity index (χ4v) is 2.51. The van der Waals surface area contributed by atoms with Crippen LogP contribution in [0.2, 0.25) is 0 Å². The Morgan fingerprint density at radius 3 is 3.10 bits per heavy atom. The van der Waals surface area contributed by atoms with Crippen molar-refractivity contribution in [2.24, 2.45) is 0 Å². The number of nitrogens with zero attached hydrogens (tertiary/aromatic N) is 3. The number of rotatable bonds is 4. The van der Waals surface area contributed by atoms with Gasteiger partial charge >= 0.3 is 0 Å². The summed E-state index contributed by atoms with van der Waals surface area (Å²) >= 11 is 0. The van der Waals surface area contributed by atoms with E-state index < -0.39 is 0 Å². The van der Waals surface area contributed by atoms with Gasteiger partial charge in [0.1, 0.15) is 5.82 Å². The van der Waals surface area contributed by atoms with Crippen LogP contribution in [0, 0.1) is 6.92 Å². The highest BCUT2D eigenvalue weighted by Crippen LogP contribution is 2.13. The molecule has 0 saturated heterocycles. The summed E-state index contributed by atoms with van der Waals surface area (Å²) < 4.78 is 2.09. The van der Waals surface area contributed by atoms with Crippen molar-refractivity contribution in [3.05, 3.63) is 53.1 Å². The molecule has 1 amide bonds. The zero-order chi connectivity index (χ0) is 14.7. The van der Waals surface area contributed by atoms with Crippen molar-refractivity contribution in [2.75, 3.05) is 0 Å². The first-order valence-corrected chi connectivity index (χ1v) is 7.16. The summed E-state index contributed by atoms with van der Waals surface area (Å²) in [5.74, 6) is 1.74. The standard InChI is InChI=1S/C16H18N4O/c1-12-5-2-3-6-13(12)8-9-16(21)17-11-15-19-18-14-7-4-10-20(14)15/h2-3,5-6,8-9H,4,7,10-11H2,1H3,(H,17,21)/b9-8+. The molecular formula is C16H18N4O. The van der Waals surface area contributed by atoms with Gasteiger partial charge in [-0.25, -0.2) is 0 Å². The first-order valence-electron chi connectivity index (χ1n) is 7.16. The Morgan fingerprint density at radius 1 is 1.38 bits per heavy atom. The van der Waals surface area contributed by atoms with Gasteiger partial charge in [-0.15, -0.1) is 10.2 Å². The molecule has 1 aliphatic rings. The number of hydrogen-bond donors (Lipinski definition) is 1. The number of amides is 1. The minimum absolute atomic E-state index is 0.117. The molecule has 0 atom stereocenters. The Bertz CT molecular complexity index is 687. The SMILES string of the molecule is Cc1ccccc1/C=C/C(=O)NCc1nnc2n1CCC2. The Balaban J connectivity index is 1.58.